The van der Waals surface area contributed by atoms with Crippen LogP contribution in [0, 0.1) is 12.8 Å². The molecule has 0 atom stereocenters. The normalized spacial score (nSPS) is 12.7. The van der Waals surface area contributed by atoms with Gasteiger partial charge in [0, 0.05) is 27.3 Å². The number of aromatic nitrogens is 2. The van der Waals surface area contributed by atoms with E-state index in [1.807, 2.05) is 0 Å². The van der Waals surface area contributed by atoms with Gasteiger partial charge in [-0.05, 0) is 53.1 Å². The number of thiophene rings is 1. The van der Waals surface area contributed by atoms with E-state index in [4.69, 9.17) is 9.40 Å². The summed E-state index contributed by atoms with van der Waals surface area (Å²) in [5.41, 5.74) is 5.78. The number of furan rings is 1. The van der Waals surface area contributed by atoms with E-state index >= 15 is 0 Å². The molecule has 6 rings (SSSR count). The van der Waals surface area contributed by atoms with Gasteiger partial charge in [-0.25, -0.2) is 9.97 Å². The first-order valence-electron chi connectivity index (χ1n) is 12.3. The van der Waals surface area contributed by atoms with Crippen LogP contribution >= 0.6 is 11.3 Å². The van der Waals surface area contributed by atoms with Gasteiger partial charge in [0.1, 0.15) is 16.9 Å². The summed E-state index contributed by atoms with van der Waals surface area (Å²) in [5, 5.41) is 6.05. The van der Waals surface area contributed by atoms with Gasteiger partial charge in [-0.2, -0.15) is 0 Å². The molecular weight excluding hydrogens is 448 g/mol. The zero-order valence-corrected chi connectivity index (χ0v) is 22.0. The molecule has 0 aliphatic rings. The van der Waals surface area contributed by atoms with Crippen molar-refractivity contribution < 1.29 is 4.42 Å². The molecule has 6 aromatic rings. The molecule has 4 heteroatoms. The summed E-state index contributed by atoms with van der Waals surface area (Å²) in [5.74, 6) is 1.60. The van der Waals surface area contributed by atoms with Crippen molar-refractivity contribution in [3.05, 3.63) is 71.7 Å². The van der Waals surface area contributed by atoms with E-state index in [0.29, 0.717) is 5.92 Å². The third kappa shape index (κ3) is 3.54. The molecule has 0 aliphatic carbocycles. The Kier molecular flexibility index (Phi) is 5.01. The van der Waals surface area contributed by atoms with Gasteiger partial charge < -0.3 is 4.42 Å². The Morgan fingerprint density at radius 1 is 0.943 bits per heavy atom. The van der Waals surface area contributed by atoms with Crippen molar-refractivity contribution in [2.45, 2.75) is 53.4 Å². The number of aryl methyl sites for hydroxylation is 1. The van der Waals surface area contributed by atoms with Gasteiger partial charge in [-0.3, -0.25) is 0 Å². The summed E-state index contributed by atoms with van der Waals surface area (Å²) in [6, 6.07) is 17.7. The maximum Gasteiger partial charge on any atom is 0.152 e. The molecule has 35 heavy (non-hydrogen) atoms. The number of rotatable bonds is 3. The van der Waals surface area contributed by atoms with Crippen LogP contribution in [0.1, 0.15) is 51.5 Å². The van der Waals surface area contributed by atoms with Crippen LogP contribution in [0.4, 0.5) is 0 Å². The lowest BCUT2D eigenvalue weighted by atomic mass is 9.82. The second kappa shape index (κ2) is 7.89. The Balaban J connectivity index is 1.66. The summed E-state index contributed by atoms with van der Waals surface area (Å²) in [6.45, 7) is 13.4. The lowest BCUT2D eigenvalue weighted by Crippen LogP contribution is -2.12. The molecule has 176 valence electrons. The summed E-state index contributed by atoms with van der Waals surface area (Å²) in [4.78, 5) is 10.5. The highest BCUT2D eigenvalue weighted by Gasteiger charge is 2.22. The molecule has 0 fully saturated rings. The average molecular weight is 479 g/mol. The molecular formula is C31H30N2OS. The van der Waals surface area contributed by atoms with E-state index in [9.17, 15) is 0 Å². The summed E-state index contributed by atoms with van der Waals surface area (Å²) in [6.07, 6.45) is 2.72. The Bertz CT molecular complexity index is 1750. The number of hydrogen-bond acceptors (Lipinski definition) is 4. The van der Waals surface area contributed by atoms with Crippen molar-refractivity contribution in [1.29, 1.82) is 0 Å². The minimum absolute atomic E-state index is 0.0170. The van der Waals surface area contributed by atoms with Gasteiger partial charge in [-0.1, -0.05) is 71.0 Å². The molecule has 3 aromatic carbocycles. The SMILES string of the molecule is Cc1oc2c(ccc3c2sc2ncnc(-c4cc(C(C)(C)C)c5ccccc5c4)c23)c1CC(C)C. The quantitative estimate of drug-likeness (QED) is 0.254. The van der Waals surface area contributed by atoms with Crippen LogP contribution in [0.2, 0.25) is 0 Å². The number of benzene rings is 3. The molecule has 0 radical (unpaired) electrons. The fraction of sp³-hybridized carbons (Fsp3) is 0.290. The molecule has 3 aromatic heterocycles. The third-order valence-corrected chi connectivity index (χ3v) is 8.07. The molecule has 3 nitrogen and oxygen atoms in total. The predicted molar refractivity (Wildman–Crippen MR) is 150 cm³/mol. The van der Waals surface area contributed by atoms with Crippen molar-refractivity contribution in [3.63, 3.8) is 0 Å². The van der Waals surface area contributed by atoms with Crippen molar-refractivity contribution in [2.75, 3.05) is 0 Å². The monoisotopic (exact) mass is 478 g/mol. The maximum absolute atomic E-state index is 6.37. The second-order valence-corrected chi connectivity index (χ2v) is 12.1. The maximum atomic E-state index is 6.37. The first-order chi connectivity index (χ1) is 16.7. The Labute approximate surface area is 209 Å². The standard InChI is InChI=1S/C31H30N2OS/c1-17(2)13-24-18(3)34-28-22(24)11-12-23-26-27(32-16-33-30(26)35-29(23)28)20-14-19-9-7-8-10-21(19)25(15-20)31(4,5)6/h7-12,14-17H,13H2,1-6H3. The van der Waals surface area contributed by atoms with Crippen molar-refractivity contribution in [3.8, 4) is 11.3 Å². The average Bonchev–Trinajstić information content (AvgIpc) is 3.35. The number of fused-ring (bicyclic) bond motifs is 6. The van der Waals surface area contributed by atoms with Crippen LogP contribution in [-0.2, 0) is 11.8 Å². The third-order valence-electron chi connectivity index (χ3n) is 6.95. The van der Waals surface area contributed by atoms with Crippen molar-refractivity contribution in [1.82, 2.24) is 9.97 Å². The van der Waals surface area contributed by atoms with Gasteiger partial charge in [0.2, 0.25) is 0 Å². The lowest BCUT2D eigenvalue weighted by molar-refractivity contribution is 0.562. The van der Waals surface area contributed by atoms with Crippen LogP contribution in [0.15, 0.2) is 59.3 Å². The molecule has 0 spiro atoms. The largest absolute Gasteiger partial charge is 0.460 e. The van der Waals surface area contributed by atoms with Crippen LogP contribution in [0.5, 0.6) is 0 Å². The van der Waals surface area contributed by atoms with Crippen molar-refractivity contribution >= 4 is 53.4 Å². The summed E-state index contributed by atoms with van der Waals surface area (Å²) < 4.78 is 7.53. The first kappa shape index (κ1) is 22.2. The smallest absolute Gasteiger partial charge is 0.152 e. The van der Waals surface area contributed by atoms with Gasteiger partial charge in [0.25, 0.3) is 0 Å². The van der Waals surface area contributed by atoms with E-state index in [0.717, 1.165) is 43.9 Å². The molecule has 3 heterocycles. The van der Waals surface area contributed by atoms with E-state index in [1.165, 1.54) is 32.7 Å². The predicted octanol–water partition coefficient (Wildman–Crippen LogP) is 9.22. The molecule has 0 bridgehead atoms. The van der Waals surface area contributed by atoms with E-state index in [-0.39, 0.29) is 5.41 Å². The molecule has 0 N–H and O–H groups in total. The van der Waals surface area contributed by atoms with Gasteiger partial charge in [0.15, 0.2) is 5.58 Å². The van der Waals surface area contributed by atoms with Crippen LogP contribution < -0.4 is 0 Å². The fourth-order valence-electron chi connectivity index (χ4n) is 5.34. The highest BCUT2D eigenvalue weighted by molar-refractivity contribution is 7.26. The summed E-state index contributed by atoms with van der Waals surface area (Å²) >= 11 is 1.71. The van der Waals surface area contributed by atoms with Gasteiger partial charge in [-0.15, -0.1) is 11.3 Å². The fourth-order valence-corrected chi connectivity index (χ4v) is 6.47. The van der Waals surface area contributed by atoms with Crippen LogP contribution in [0.3, 0.4) is 0 Å². The topological polar surface area (TPSA) is 38.9 Å². The molecule has 0 saturated carbocycles. The zero-order chi connectivity index (χ0) is 24.5. The highest BCUT2D eigenvalue weighted by atomic mass is 32.1. The molecule has 0 saturated heterocycles. The van der Waals surface area contributed by atoms with Crippen molar-refractivity contribution in [2.24, 2.45) is 5.92 Å². The summed E-state index contributed by atoms with van der Waals surface area (Å²) in [7, 11) is 0. The van der Waals surface area contributed by atoms with Gasteiger partial charge >= 0.3 is 0 Å². The zero-order valence-electron chi connectivity index (χ0n) is 21.2. The van der Waals surface area contributed by atoms with Crippen LogP contribution in [-0.4, -0.2) is 9.97 Å². The Morgan fingerprint density at radius 2 is 1.71 bits per heavy atom. The van der Waals surface area contributed by atoms with Gasteiger partial charge in [0.05, 0.1) is 10.4 Å². The highest BCUT2D eigenvalue weighted by Crippen LogP contribution is 2.44. The number of nitrogens with zero attached hydrogens (tertiary/aromatic N) is 2. The molecule has 0 amide bonds. The van der Waals surface area contributed by atoms with E-state index in [1.54, 1.807) is 17.7 Å². The Hall–Kier alpha value is -3.24. The van der Waals surface area contributed by atoms with Crippen LogP contribution in [0.25, 0.3) is 53.3 Å². The lowest BCUT2D eigenvalue weighted by Gasteiger charge is -2.22. The first-order valence-corrected chi connectivity index (χ1v) is 13.2. The molecule has 0 aliphatic heterocycles. The minimum Gasteiger partial charge on any atom is -0.460 e. The molecule has 0 unspecified atom stereocenters. The van der Waals surface area contributed by atoms with E-state index < -0.39 is 0 Å². The van der Waals surface area contributed by atoms with E-state index in [2.05, 4.69) is 95.1 Å². The Morgan fingerprint density at radius 3 is 2.49 bits per heavy atom. The minimum atomic E-state index is 0.0170. The second-order valence-electron chi connectivity index (χ2n) is 11.1. The number of hydrogen-bond donors (Lipinski definition) is 0.